The number of unbranched alkanes of at least 4 members (excludes halogenated alkanes) is 2. The SMILES string of the molecule is COCCCCCNc1ccc2cc(N)ccc2n1. The van der Waals surface area contributed by atoms with Gasteiger partial charge in [0.1, 0.15) is 5.82 Å². The molecule has 0 atom stereocenters. The minimum atomic E-state index is 0.771. The van der Waals surface area contributed by atoms with Gasteiger partial charge in [-0.15, -0.1) is 0 Å². The number of rotatable bonds is 7. The topological polar surface area (TPSA) is 60.2 Å². The average Bonchev–Trinajstić information content (AvgIpc) is 2.43. The second-order valence-corrected chi connectivity index (χ2v) is 4.63. The largest absolute Gasteiger partial charge is 0.399 e. The van der Waals surface area contributed by atoms with E-state index in [4.69, 9.17) is 10.5 Å². The summed E-state index contributed by atoms with van der Waals surface area (Å²) in [5, 5.41) is 4.42. The third-order valence-corrected chi connectivity index (χ3v) is 3.04. The summed E-state index contributed by atoms with van der Waals surface area (Å²) in [7, 11) is 1.74. The quantitative estimate of drug-likeness (QED) is 0.592. The van der Waals surface area contributed by atoms with Crippen LogP contribution in [0, 0.1) is 0 Å². The Hall–Kier alpha value is -1.81. The fourth-order valence-electron chi connectivity index (χ4n) is 2.01. The molecule has 1 aromatic carbocycles. The molecule has 0 spiro atoms. The molecule has 1 heterocycles. The van der Waals surface area contributed by atoms with Crippen molar-refractivity contribution in [2.24, 2.45) is 0 Å². The van der Waals surface area contributed by atoms with E-state index in [2.05, 4.69) is 10.3 Å². The molecule has 0 radical (unpaired) electrons. The van der Waals surface area contributed by atoms with E-state index < -0.39 is 0 Å². The third-order valence-electron chi connectivity index (χ3n) is 3.04. The van der Waals surface area contributed by atoms with Gasteiger partial charge in [0.25, 0.3) is 0 Å². The van der Waals surface area contributed by atoms with Crippen LogP contribution in [0.4, 0.5) is 11.5 Å². The summed E-state index contributed by atoms with van der Waals surface area (Å²) in [4.78, 5) is 4.56. The van der Waals surface area contributed by atoms with E-state index in [1.54, 1.807) is 7.11 Å². The summed E-state index contributed by atoms with van der Waals surface area (Å²) in [5.74, 6) is 0.920. The maximum Gasteiger partial charge on any atom is 0.126 e. The predicted octanol–water partition coefficient (Wildman–Crippen LogP) is 3.05. The van der Waals surface area contributed by atoms with E-state index in [0.717, 1.165) is 48.4 Å². The first kappa shape index (κ1) is 13.6. The van der Waals surface area contributed by atoms with Crippen molar-refractivity contribution in [2.75, 3.05) is 31.3 Å². The third kappa shape index (κ3) is 4.10. The lowest BCUT2D eigenvalue weighted by Gasteiger charge is -2.07. The normalized spacial score (nSPS) is 10.8. The zero-order valence-electron chi connectivity index (χ0n) is 11.4. The minimum absolute atomic E-state index is 0.771. The Balaban J connectivity index is 1.86. The Labute approximate surface area is 114 Å². The Morgan fingerprint density at radius 3 is 2.89 bits per heavy atom. The van der Waals surface area contributed by atoms with Crippen molar-refractivity contribution in [3.05, 3.63) is 30.3 Å². The van der Waals surface area contributed by atoms with Crippen LogP contribution in [0.2, 0.25) is 0 Å². The summed E-state index contributed by atoms with van der Waals surface area (Å²) in [6.07, 6.45) is 3.42. The number of hydrogen-bond donors (Lipinski definition) is 2. The number of fused-ring (bicyclic) bond motifs is 1. The van der Waals surface area contributed by atoms with E-state index in [-0.39, 0.29) is 0 Å². The fourth-order valence-corrected chi connectivity index (χ4v) is 2.01. The van der Waals surface area contributed by atoms with E-state index >= 15 is 0 Å². The van der Waals surface area contributed by atoms with Crippen LogP contribution in [0.1, 0.15) is 19.3 Å². The number of aromatic nitrogens is 1. The number of anilines is 2. The number of methoxy groups -OCH3 is 1. The van der Waals surface area contributed by atoms with E-state index in [1.165, 1.54) is 6.42 Å². The molecule has 4 nitrogen and oxygen atoms in total. The molecule has 0 fully saturated rings. The lowest BCUT2D eigenvalue weighted by atomic mass is 10.2. The van der Waals surface area contributed by atoms with Crippen LogP contribution in [0.25, 0.3) is 10.9 Å². The summed E-state index contributed by atoms with van der Waals surface area (Å²) in [6, 6.07) is 9.82. The molecule has 0 aliphatic rings. The highest BCUT2D eigenvalue weighted by Gasteiger charge is 1.98. The van der Waals surface area contributed by atoms with Crippen LogP contribution in [0.15, 0.2) is 30.3 Å². The number of ether oxygens (including phenoxy) is 1. The highest BCUT2D eigenvalue weighted by molar-refractivity contribution is 5.83. The van der Waals surface area contributed by atoms with Crippen molar-refractivity contribution < 1.29 is 4.74 Å². The van der Waals surface area contributed by atoms with E-state index in [0.29, 0.717) is 0 Å². The maximum absolute atomic E-state index is 5.75. The molecule has 0 aliphatic carbocycles. The van der Waals surface area contributed by atoms with Gasteiger partial charge in [0.05, 0.1) is 5.52 Å². The molecule has 0 saturated heterocycles. The maximum atomic E-state index is 5.75. The number of pyridine rings is 1. The van der Waals surface area contributed by atoms with Crippen LogP contribution in [0.5, 0.6) is 0 Å². The van der Waals surface area contributed by atoms with Gasteiger partial charge in [-0.05, 0) is 49.6 Å². The summed E-state index contributed by atoms with van der Waals surface area (Å²) in [5.41, 5.74) is 7.49. The lowest BCUT2D eigenvalue weighted by molar-refractivity contribution is 0.192. The number of nitrogens with two attached hydrogens (primary N) is 1. The van der Waals surface area contributed by atoms with Gasteiger partial charge in [-0.1, -0.05) is 0 Å². The highest BCUT2D eigenvalue weighted by Crippen LogP contribution is 2.17. The van der Waals surface area contributed by atoms with Crippen molar-refractivity contribution in [3.8, 4) is 0 Å². The Kier molecular flexibility index (Phi) is 4.98. The molecular formula is C15H21N3O. The predicted molar refractivity (Wildman–Crippen MR) is 80.4 cm³/mol. The first-order chi connectivity index (χ1) is 9.29. The van der Waals surface area contributed by atoms with Crippen LogP contribution < -0.4 is 11.1 Å². The standard InChI is InChI=1S/C15H21N3O/c1-19-10-4-2-3-9-17-15-8-5-12-11-13(16)6-7-14(12)18-15/h5-8,11H,2-4,9-10,16H2,1H3,(H,17,18). The number of hydrogen-bond acceptors (Lipinski definition) is 4. The first-order valence-corrected chi connectivity index (χ1v) is 6.69. The number of nitrogens with zero attached hydrogens (tertiary/aromatic N) is 1. The first-order valence-electron chi connectivity index (χ1n) is 6.69. The van der Waals surface area contributed by atoms with Crippen molar-refractivity contribution in [2.45, 2.75) is 19.3 Å². The van der Waals surface area contributed by atoms with Crippen LogP contribution in [-0.4, -0.2) is 25.2 Å². The van der Waals surface area contributed by atoms with Gasteiger partial charge in [-0.25, -0.2) is 4.98 Å². The monoisotopic (exact) mass is 259 g/mol. The molecule has 3 N–H and O–H groups in total. The van der Waals surface area contributed by atoms with Gasteiger partial charge in [0.15, 0.2) is 0 Å². The van der Waals surface area contributed by atoms with Gasteiger partial charge in [-0.2, -0.15) is 0 Å². The molecule has 2 aromatic rings. The van der Waals surface area contributed by atoms with Gasteiger partial charge < -0.3 is 15.8 Å². The van der Waals surface area contributed by atoms with Gasteiger partial charge >= 0.3 is 0 Å². The van der Waals surface area contributed by atoms with Crippen molar-refractivity contribution in [1.29, 1.82) is 0 Å². The Bertz CT molecular complexity index is 528. The molecule has 102 valence electrons. The molecule has 19 heavy (non-hydrogen) atoms. The number of nitrogen functional groups attached to an aromatic ring is 1. The zero-order chi connectivity index (χ0) is 13.5. The van der Waals surface area contributed by atoms with Gasteiger partial charge in [-0.3, -0.25) is 0 Å². The molecule has 0 amide bonds. The van der Waals surface area contributed by atoms with Crippen LogP contribution >= 0.6 is 0 Å². The van der Waals surface area contributed by atoms with Crippen molar-refractivity contribution in [1.82, 2.24) is 4.98 Å². The second-order valence-electron chi connectivity index (χ2n) is 4.63. The van der Waals surface area contributed by atoms with Crippen molar-refractivity contribution in [3.63, 3.8) is 0 Å². The molecule has 1 aromatic heterocycles. The molecule has 0 unspecified atom stereocenters. The molecule has 0 aliphatic heterocycles. The summed E-state index contributed by atoms with van der Waals surface area (Å²) in [6.45, 7) is 1.78. The Morgan fingerprint density at radius 1 is 1.16 bits per heavy atom. The Morgan fingerprint density at radius 2 is 2.05 bits per heavy atom. The fraction of sp³-hybridized carbons (Fsp3) is 0.400. The van der Waals surface area contributed by atoms with E-state index in [1.807, 2.05) is 30.3 Å². The number of nitrogens with one attached hydrogen (secondary N) is 1. The zero-order valence-corrected chi connectivity index (χ0v) is 11.4. The number of benzene rings is 1. The lowest BCUT2D eigenvalue weighted by Crippen LogP contribution is -2.03. The smallest absolute Gasteiger partial charge is 0.126 e. The summed E-state index contributed by atoms with van der Waals surface area (Å²) < 4.78 is 5.02. The second kappa shape index (κ2) is 6.95. The highest BCUT2D eigenvalue weighted by atomic mass is 16.5. The van der Waals surface area contributed by atoms with E-state index in [9.17, 15) is 0 Å². The molecular weight excluding hydrogens is 238 g/mol. The van der Waals surface area contributed by atoms with Crippen LogP contribution in [0.3, 0.4) is 0 Å². The van der Waals surface area contributed by atoms with Gasteiger partial charge in [0.2, 0.25) is 0 Å². The molecule has 4 heteroatoms. The molecule has 0 bridgehead atoms. The van der Waals surface area contributed by atoms with Crippen molar-refractivity contribution >= 4 is 22.4 Å². The average molecular weight is 259 g/mol. The van der Waals surface area contributed by atoms with Gasteiger partial charge in [0, 0.05) is 31.3 Å². The minimum Gasteiger partial charge on any atom is -0.399 e. The molecule has 2 rings (SSSR count). The van der Waals surface area contributed by atoms with Crippen LogP contribution in [-0.2, 0) is 4.74 Å². The summed E-state index contributed by atoms with van der Waals surface area (Å²) >= 11 is 0. The molecule has 0 saturated carbocycles.